The first-order valence-corrected chi connectivity index (χ1v) is 5.57. The lowest BCUT2D eigenvalue weighted by atomic mass is 9.81. The van der Waals surface area contributed by atoms with Crippen LogP contribution in [-0.4, -0.2) is 5.78 Å². The van der Waals surface area contributed by atoms with E-state index in [-0.39, 0.29) is 5.78 Å². The van der Waals surface area contributed by atoms with Crippen molar-refractivity contribution in [3.05, 3.63) is 64.5 Å². The number of allylic oxidation sites excluding steroid dienone is 4. The lowest BCUT2D eigenvalue weighted by Gasteiger charge is -2.21. The molecule has 3 nitrogen and oxygen atoms in total. The number of ketones is 1. The van der Waals surface area contributed by atoms with Crippen molar-refractivity contribution in [2.75, 3.05) is 0 Å². The van der Waals surface area contributed by atoms with Crippen LogP contribution in [0.3, 0.4) is 0 Å². The molecule has 0 radical (unpaired) electrons. The predicted octanol–water partition coefficient (Wildman–Crippen LogP) is 3.27. The summed E-state index contributed by atoms with van der Waals surface area (Å²) >= 11 is 0. The maximum absolute atomic E-state index is 12.3. The molecule has 0 amide bonds. The number of nitrogens with zero attached hydrogens (tertiary/aromatic N) is 2. The van der Waals surface area contributed by atoms with E-state index in [9.17, 15) is 4.79 Å². The molecule has 0 saturated carbocycles. The monoisotopic (exact) mass is 220 g/mol. The zero-order chi connectivity index (χ0) is 11.4. The van der Waals surface area contributed by atoms with E-state index >= 15 is 0 Å². The minimum absolute atomic E-state index is 0.0122. The molecule has 0 fully saturated rings. The molecule has 0 aromatic heterocycles. The summed E-state index contributed by atoms with van der Waals surface area (Å²) in [5, 5.41) is 8.11. The van der Waals surface area contributed by atoms with E-state index in [1.165, 1.54) is 0 Å². The summed E-state index contributed by atoms with van der Waals surface area (Å²) in [5.74, 6) is -0.0122. The maximum Gasteiger partial charge on any atom is 0.214 e. The van der Waals surface area contributed by atoms with Gasteiger partial charge in [-0.3, -0.25) is 4.79 Å². The topological polar surface area (TPSA) is 41.8 Å². The molecule has 0 spiro atoms. The van der Waals surface area contributed by atoms with Crippen molar-refractivity contribution in [2.45, 2.75) is 6.42 Å². The minimum Gasteiger partial charge on any atom is -0.287 e. The Balaban J connectivity index is 2.09. The molecule has 1 aromatic carbocycles. The summed E-state index contributed by atoms with van der Waals surface area (Å²) in [5.41, 5.74) is 5.12. The molecule has 0 N–H and O–H groups in total. The van der Waals surface area contributed by atoms with Crippen LogP contribution >= 0.6 is 0 Å². The third-order valence-electron chi connectivity index (χ3n) is 3.33. The standard InChI is InChI=1S/C14H8N2O/c17-14-10-5-2-1-4-8(10)9-6-3-7-11-12(9)13(14)16-15-11/h1-2,4-7H,3H2. The molecule has 1 aliphatic heterocycles. The van der Waals surface area contributed by atoms with Gasteiger partial charge in [-0.1, -0.05) is 36.4 Å². The van der Waals surface area contributed by atoms with Crippen LogP contribution in [0.15, 0.2) is 63.6 Å². The summed E-state index contributed by atoms with van der Waals surface area (Å²) < 4.78 is 0. The van der Waals surface area contributed by atoms with Gasteiger partial charge in [0.1, 0.15) is 5.70 Å². The van der Waals surface area contributed by atoms with Gasteiger partial charge in [0.2, 0.25) is 5.78 Å². The fourth-order valence-corrected chi connectivity index (χ4v) is 2.57. The Morgan fingerprint density at radius 3 is 2.71 bits per heavy atom. The van der Waals surface area contributed by atoms with Crippen molar-refractivity contribution in [3.63, 3.8) is 0 Å². The number of azo groups is 1. The molecule has 4 rings (SSSR count). The molecule has 3 aliphatic rings. The van der Waals surface area contributed by atoms with E-state index in [4.69, 9.17) is 0 Å². The van der Waals surface area contributed by atoms with Gasteiger partial charge in [0.05, 0.1) is 5.70 Å². The third kappa shape index (κ3) is 0.984. The number of carbonyl (C=O) groups is 1. The number of hydrogen-bond acceptors (Lipinski definition) is 3. The summed E-state index contributed by atoms with van der Waals surface area (Å²) in [7, 11) is 0. The molecule has 17 heavy (non-hydrogen) atoms. The molecule has 0 unspecified atom stereocenters. The van der Waals surface area contributed by atoms with E-state index < -0.39 is 0 Å². The maximum atomic E-state index is 12.3. The highest BCUT2D eigenvalue weighted by Crippen LogP contribution is 2.45. The van der Waals surface area contributed by atoms with E-state index in [2.05, 4.69) is 16.3 Å². The number of carbonyl (C=O) groups excluding carboxylic acids is 1. The molecule has 0 atom stereocenters. The minimum atomic E-state index is -0.0122. The Morgan fingerprint density at radius 2 is 1.82 bits per heavy atom. The van der Waals surface area contributed by atoms with Crippen molar-refractivity contribution in [3.8, 4) is 0 Å². The average Bonchev–Trinajstić information content (AvgIpc) is 2.81. The van der Waals surface area contributed by atoms with Crippen LogP contribution in [0, 0.1) is 0 Å². The Hall–Kier alpha value is -2.29. The van der Waals surface area contributed by atoms with Crippen molar-refractivity contribution in [2.24, 2.45) is 10.2 Å². The van der Waals surface area contributed by atoms with Crippen molar-refractivity contribution < 1.29 is 4.79 Å². The van der Waals surface area contributed by atoms with Gasteiger partial charge in [-0.25, -0.2) is 0 Å². The van der Waals surface area contributed by atoms with Gasteiger partial charge in [-0.15, -0.1) is 10.2 Å². The number of hydrogen-bond donors (Lipinski definition) is 0. The summed E-state index contributed by atoms with van der Waals surface area (Å²) in [6.45, 7) is 0. The highest BCUT2D eigenvalue weighted by molar-refractivity contribution is 6.18. The fraction of sp³-hybridized carbons (Fsp3) is 0.0714. The molecule has 1 aromatic rings. The van der Waals surface area contributed by atoms with Gasteiger partial charge < -0.3 is 0 Å². The van der Waals surface area contributed by atoms with Gasteiger partial charge in [-0.05, 0) is 17.6 Å². The second-order valence-corrected chi connectivity index (χ2v) is 4.24. The van der Waals surface area contributed by atoms with E-state index in [0.717, 1.165) is 34.4 Å². The van der Waals surface area contributed by atoms with Crippen LogP contribution < -0.4 is 0 Å². The van der Waals surface area contributed by atoms with Gasteiger partial charge in [0, 0.05) is 11.1 Å². The van der Waals surface area contributed by atoms with E-state index in [1.807, 2.05) is 30.3 Å². The molecular weight excluding hydrogens is 212 g/mol. The summed E-state index contributed by atoms with van der Waals surface area (Å²) in [4.78, 5) is 12.3. The lowest BCUT2D eigenvalue weighted by molar-refractivity contribution is 0.103. The van der Waals surface area contributed by atoms with Gasteiger partial charge >= 0.3 is 0 Å². The average molecular weight is 220 g/mol. The van der Waals surface area contributed by atoms with Crippen LogP contribution in [0.25, 0.3) is 5.57 Å². The normalized spacial score (nSPS) is 19.9. The quantitative estimate of drug-likeness (QED) is 0.661. The van der Waals surface area contributed by atoms with Gasteiger partial charge in [0.15, 0.2) is 0 Å². The molecule has 80 valence electrons. The highest BCUT2D eigenvalue weighted by Gasteiger charge is 2.35. The van der Waals surface area contributed by atoms with Crippen LogP contribution in [0.5, 0.6) is 0 Å². The van der Waals surface area contributed by atoms with Crippen molar-refractivity contribution >= 4 is 11.4 Å². The Morgan fingerprint density at radius 1 is 1.00 bits per heavy atom. The van der Waals surface area contributed by atoms with E-state index in [1.54, 1.807) is 0 Å². The Kier molecular flexibility index (Phi) is 1.50. The lowest BCUT2D eigenvalue weighted by Crippen LogP contribution is -2.14. The molecule has 3 heteroatoms. The number of rotatable bonds is 0. The molecular formula is C14H8N2O. The zero-order valence-corrected chi connectivity index (χ0v) is 8.97. The van der Waals surface area contributed by atoms with E-state index in [0.29, 0.717) is 5.70 Å². The van der Waals surface area contributed by atoms with Gasteiger partial charge in [-0.2, -0.15) is 0 Å². The second kappa shape index (κ2) is 2.88. The SMILES string of the molecule is O=C1C2=C3C(=CCC=C3c3ccccc31)N=N2. The smallest absolute Gasteiger partial charge is 0.214 e. The second-order valence-electron chi connectivity index (χ2n) is 4.24. The first-order valence-electron chi connectivity index (χ1n) is 5.57. The van der Waals surface area contributed by atoms with Crippen LogP contribution in [-0.2, 0) is 0 Å². The van der Waals surface area contributed by atoms with Gasteiger partial charge in [0.25, 0.3) is 0 Å². The molecule has 0 bridgehead atoms. The highest BCUT2D eigenvalue weighted by atomic mass is 16.1. The van der Waals surface area contributed by atoms with Crippen LogP contribution in [0.2, 0.25) is 0 Å². The van der Waals surface area contributed by atoms with Crippen molar-refractivity contribution in [1.82, 2.24) is 0 Å². The first kappa shape index (κ1) is 8.82. The Bertz CT molecular complexity index is 690. The molecule has 1 heterocycles. The number of fused-ring (bicyclic) bond motifs is 2. The first-order chi connectivity index (χ1) is 8.36. The molecule has 0 saturated heterocycles. The molecule has 2 aliphatic carbocycles. The third-order valence-corrected chi connectivity index (χ3v) is 3.33. The number of benzene rings is 1. The largest absolute Gasteiger partial charge is 0.287 e. The fourth-order valence-electron chi connectivity index (χ4n) is 2.57. The summed E-state index contributed by atoms with van der Waals surface area (Å²) in [6.07, 6.45) is 5.00. The van der Waals surface area contributed by atoms with Crippen molar-refractivity contribution in [1.29, 1.82) is 0 Å². The predicted molar refractivity (Wildman–Crippen MR) is 63.3 cm³/mol. The number of Topliss-reactive ketones (excluding diaryl/α,β-unsaturated/α-hetero) is 1. The Labute approximate surface area is 97.9 Å². The summed E-state index contributed by atoms with van der Waals surface area (Å²) in [6, 6.07) is 7.69. The van der Waals surface area contributed by atoms with Crippen LogP contribution in [0.4, 0.5) is 0 Å². The van der Waals surface area contributed by atoms with Crippen LogP contribution in [0.1, 0.15) is 22.3 Å². The zero-order valence-electron chi connectivity index (χ0n) is 8.97.